The van der Waals surface area contributed by atoms with E-state index in [4.69, 9.17) is 54.7 Å². The Bertz CT molecular complexity index is 1390. The average molecular weight is 521 g/mol. The summed E-state index contributed by atoms with van der Waals surface area (Å²) >= 11 is 20.3. The van der Waals surface area contributed by atoms with E-state index >= 15 is 0 Å². The van der Waals surface area contributed by atoms with Gasteiger partial charge in [-0.05, 0) is 35.4 Å². The van der Waals surface area contributed by atoms with E-state index in [2.05, 4.69) is 0 Å². The first-order valence-electron chi connectivity index (χ1n) is 9.92. The Kier molecular flexibility index (Phi) is 7.39. The molecule has 170 valence electrons. The molecule has 5 nitrogen and oxygen atoms in total. The maximum Gasteiger partial charge on any atom is 0.170 e. The number of halogens is 3. The summed E-state index contributed by atoms with van der Waals surface area (Å²) in [6.45, 7) is 0.395. The minimum Gasteiger partial charge on any atom is -0.493 e. The zero-order valence-electron chi connectivity index (χ0n) is 17.9. The molecule has 4 rings (SSSR count). The number of thioether (sulfide) groups is 1. The van der Waals surface area contributed by atoms with Crippen molar-refractivity contribution in [3.8, 4) is 11.5 Å². The molecule has 9 heteroatoms. The Morgan fingerprint density at radius 2 is 1.64 bits per heavy atom. The number of nitrogens with one attached hydrogen (secondary N) is 1. The molecule has 0 bridgehead atoms. The summed E-state index contributed by atoms with van der Waals surface area (Å²) in [5.41, 5.74) is 2.75. The topological polar surface area (TPSA) is 60.1 Å². The van der Waals surface area contributed by atoms with E-state index in [0.29, 0.717) is 60.4 Å². The van der Waals surface area contributed by atoms with Gasteiger partial charge in [0.1, 0.15) is 5.49 Å². The number of fused-ring (bicyclic) bond motifs is 1. The van der Waals surface area contributed by atoms with Crippen molar-refractivity contribution in [3.63, 3.8) is 0 Å². The van der Waals surface area contributed by atoms with Gasteiger partial charge in [-0.2, -0.15) is 0 Å². The summed E-state index contributed by atoms with van der Waals surface area (Å²) in [7, 11) is 3.14. The molecule has 0 radical (unpaired) electrons. The fraction of sp³-hybridized carbons (Fsp3) is 0.167. The lowest BCUT2D eigenvalue weighted by atomic mass is 10.2. The van der Waals surface area contributed by atoms with Gasteiger partial charge in [0.25, 0.3) is 0 Å². The Morgan fingerprint density at radius 3 is 2.33 bits per heavy atom. The van der Waals surface area contributed by atoms with Crippen LogP contribution in [0.3, 0.4) is 0 Å². The van der Waals surface area contributed by atoms with Gasteiger partial charge < -0.3 is 14.0 Å². The van der Waals surface area contributed by atoms with E-state index in [0.717, 1.165) is 11.1 Å². The smallest absolute Gasteiger partial charge is 0.170 e. The van der Waals surface area contributed by atoms with Crippen LogP contribution in [0.5, 0.6) is 11.5 Å². The van der Waals surface area contributed by atoms with Gasteiger partial charge in [-0.25, -0.2) is 4.98 Å². The highest BCUT2D eigenvalue weighted by atomic mass is 35.5. The van der Waals surface area contributed by atoms with Crippen molar-refractivity contribution in [1.29, 1.82) is 5.41 Å². The van der Waals surface area contributed by atoms with Crippen molar-refractivity contribution in [3.05, 3.63) is 86.3 Å². The monoisotopic (exact) mass is 519 g/mol. The Morgan fingerprint density at radius 1 is 0.909 bits per heavy atom. The zero-order chi connectivity index (χ0) is 23.5. The molecule has 1 N–H and O–H groups in total. The Balaban J connectivity index is 1.84. The molecule has 0 spiro atoms. The van der Waals surface area contributed by atoms with Crippen molar-refractivity contribution < 1.29 is 9.47 Å². The van der Waals surface area contributed by atoms with Crippen LogP contribution in [0, 0.1) is 5.41 Å². The van der Waals surface area contributed by atoms with Crippen LogP contribution in [0.25, 0.3) is 10.9 Å². The summed E-state index contributed by atoms with van der Waals surface area (Å²) < 4.78 is 12.7. The first-order chi connectivity index (χ1) is 15.9. The molecule has 0 saturated carbocycles. The third-order valence-corrected chi connectivity index (χ3v) is 7.11. The number of benzene rings is 3. The molecule has 3 aromatic carbocycles. The van der Waals surface area contributed by atoms with E-state index in [1.54, 1.807) is 32.4 Å². The molecule has 0 unspecified atom stereocenters. The summed E-state index contributed by atoms with van der Waals surface area (Å²) in [5.74, 6) is 1.65. The summed E-state index contributed by atoms with van der Waals surface area (Å²) in [5, 5.41) is 12.1. The van der Waals surface area contributed by atoms with Crippen molar-refractivity contribution in [1.82, 2.24) is 9.55 Å². The zero-order valence-corrected chi connectivity index (χ0v) is 20.9. The number of hydrogen-bond donors (Lipinski definition) is 1. The quantitative estimate of drug-likeness (QED) is 0.214. The fourth-order valence-electron chi connectivity index (χ4n) is 3.39. The first-order valence-corrected chi connectivity index (χ1v) is 12.0. The third-order valence-electron chi connectivity index (χ3n) is 5.13. The van der Waals surface area contributed by atoms with Crippen molar-refractivity contribution in [2.75, 3.05) is 14.2 Å². The Labute approximate surface area is 210 Å². The fourth-order valence-corrected chi connectivity index (χ4v) is 5.15. The first kappa shape index (κ1) is 23.8. The second-order valence-electron chi connectivity index (χ2n) is 7.17. The largest absolute Gasteiger partial charge is 0.493 e. The summed E-state index contributed by atoms with van der Waals surface area (Å²) in [6.07, 6.45) is 0. The predicted molar refractivity (Wildman–Crippen MR) is 135 cm³/mol. The van der Waals surface area contributed by atoms with Gasteiger partial charge in [-0.3, -0.25) is 5.41 Å². The lowest BCUT2D eigenvalue weighted by Gasteiger charge is -2.17. The molecule has 33 heavy (non-hydrogen) atoms. The van der Waals surface area contributed by atoms with Gasteiger partial charge in [0.2, 0.25) is 0 Å². The molecular formula is C24H20Cl3N3O2S. The van der Waals surface area contributed by atoms with Crippen LogP contribution in [0.4, 0.5) is 0 Å². The number of ether oxygens (including phenoxy) is 2. The normalized spacial score (nSPS) is 11.1. The highest BCUT2D eigenvalue weighted by Gasteiger charge is 2.16. The molecule has 0 fully saturated rings. The third kappa shape index (κ3) is 5.09. The summed E-state index contributed by atoms with van der Waals surface area (Å²) in [4.78, 5) is 4.87. The van der Waals surface area contributed by atoms with Gasteiger partial charge in [-0.1, -0.05) is 70.8 Å². The highest BCUT2D eigenvalue weighted by Crippen LogP contribution is 2.33. The van der Waals surface area contributed by atoms with Crippen LogP contribution in [0.15, 0.2) is 59.8 Å². The molecule has 0 atom stereocenters. The standard InChI is InChI=1S/C24H20Cl3N3O2S/c1-31-21-10-17-20(11-22(21)32-2)29-24(33-13-15-7-8-16(25)9-19(15)27)30(23(17)28)12-14-5-3-4-6-18(14)26/h3-11,28H,12-13H2,1-2H3. The maximum atomic E-state index is 8.98. The highest BCUT2D eigenvalue weighted by molar-refractivity contribution is 7.98. The van der Waals surface area contributed by atoms with Crippen molar-refractivity contribution in [2.24, 2.45) is 0 Å². The van der Waals surface area contributed by atoms with E-state index in [-0.39, 0.29) is 0 Å². The van der Waals surface area contributed by atoms with Gasteiger partial charge in [-0.15, -0.1) is 0 Å². The van der Waals surface area contributed by atoms with Crippen LogP contribution < -0.4 is 15.0 Å². The lowest BCUT2D eigenvalue weighted by molar-refractivity contribution is 0.355. The minimum absolute atomic E-state index is 0.297. The van der Waals surface area contributed by atoms with E-state index < -0.39 is 0 Å². The molecule has 0 aliphatic rings. The van der Waals surface area contributed by atoms with Crippen molar-refractivity contribution in [2.45, 2.75) is 17.5 Å². The molecule has 0 amide bonds. The molecule has 1 aromatic heterocycles. The van der Waals surface area contributed by atoms with Crippen LogP contribution in [-0.4, -0.2) is 23.8 Å². The van der Waals surface area contributed by atoms with Gasteiger partial charge in [0.15, 0.2) is 16.7 Å². The molecule has 1 heterocycles. The number of rotatable bonds is 7. The minimum atomic E-state index is 0.297. The molecule has 0 saturated heterocycles. The number of methoxy groups -OCH3 is 2. The lowest BCUT2D eigenvalue weighted by Crippen LogP contribution is -2.24. The van der Waals surface area contributed by atoms with Crippen LogP contribution >= 0.6 is 46.6 Å². The number of nitrogens with zero attached hydrogens (tertiary/aromatic N) is 2. The number of hydrogen-bond acceptors (Lipinski definition) is 5. The molecule has 0 aliphatic heterocycles. The Hall–Kier alpha value is -2.38. The van der Waals surface area contributed by atoms with E-state index in [1.807, 2.05) is 41.0 Å². The molecule has 4 aromatic rings. The van der Waals surface area contributed by atoms with Crippen LogP contribution in [0.1, 0.15) is 11.1 Å². The summed E-state index contributed by atoms with van der Waals surface area (Å²) in [6, 6.07) is 16.6. The maximum absolute atomic E-state index is 8.98. The molecule has 0 aliphatic carbocycles. The van der Waals surface area contributed by atoms with Gasteiger partial charge in [0.05, 0.1) is 26.3 Å². The SMILES string of the molecule is COc1cc2nc(SCc3ccc(Cl)cc3Cl)n(Cc3ccccc3Cl)c(=N)c2cc1OC. The average Bonchev–Trinajstić information content (AvgIpc) is 2.81. The van der Waals surface area contributed by atoms with Gasteiger partial charge >= 0.3 is 0 Å². The van der Waals surface area contributed by atoms with E-state index in [1.165, 1.54) is 11.8 Å². The molecular weight excluding hydrogens is 501 g/mol. The van der Waals surface area contributed by atoms with Gasteiger partial charge in [0, 0.05) is 32.3 Å². The second kappa shape index (κ2) is 10.3. The van der Waals surface area contributed by atoms with E-state index in [9.17, 15) is 0 Å². The number of aromatic nitrogens is 2. The van der Waals surface area contributed by atoms with Crippen molar-refractivity contribution >= 4 is 57.5 Å². The second-order valence-corrected chi connectivity index (χ2v) is 9.36. The predicted octanol–water partition coefficient (Wildman–Crippen LogP) is 6.83. The van der Waals surface area contributed by atoms with Crippen LogP contribution in [0.2, 0.25) is 15.1 Å². The van der Waals surface area contributed by atoms with Crippen LogP contribution in [-0.2, 0) is 12.3 Å².